The second-order valence-corrected chi connectivity index (χ2v) is 4.33. The monoisotopic (exact) mass is 271 g/mol. The molecule has 0 aliphatic heterocycles. The third-order valence-corrected chi connectivity index (χ3v) is 3.03. The number of nitrogens with zero attached hydrogens (tertiary/aromatic N) is 3. The van der Waals surface area contributed by atoms with Crippen LogP contribution in [-0.4, -0.2) is 21.4 Å². The van der Waals surface area contributed by atoms with Crippen LogP contribution in [0.1, 0.15) is 5.56 Å². The van der Waals surface area contributed by atoms with Crippen molar-refractivity contribution in [2.24, 2.45) is 0 Å². The van der Waals surface area contributed by atoms with Gasteiger partial charge in [0, 0.05) is 31.5 Å². The van der Waals surface area contributed by atoms with Gasteiger partial charge in [-0.25, -0.2) is 14.4 Å². The molecule has 1 aromatic carbocycles. The van der Waals surface area contributed by atoms with Gasteiger partial charge in [-0.3, -0.25) is 0 Å². The summed E-state index contributed by atoms with van der Waals surface area (Å²) in [6, 6.07) is 6.67. The molecule has 2 aromatic heterocycles. The Kier molecular flexibility index (Phi) is 3.20. The smallest absolute Gasteiger partial charge is 0.180 e. The van der Waals surface area contributed by atoms with Crippen molar-refractivity contribution >= 4 is 17.3 Å². The lowest BCUT2D eigenvalue weighted by Gasteiger charge is -2.10. The van der Waals surface area contributed by atoms with Gasteiger partial charge in [-0.1, -0.05) is 18.2 Å². The Bertz CT molecular complexity index is 737. The number of anilines is 2. The molecule has 6 heteroatoms. The second kappa shape index (κ2) is 5.16. The predicted octanol–water partition coefficient (Wildman–Crippen LogP) is 2.52. The maximum atomic E-state index is 13.6. The Morgan fingerprint density at radius 1 is 1.30 bits per heavy atom. The Hall–Kier alpha value is -2.63. The summed E-state index contributed by atoms with van der Waals surface area (Å²) in [6.45, 7) is 0.357. The minimum absolute atomic E-state index is 0.232. The molecule has 0 atom stereocenters. The van der Waals surface area contributed by atoms with Gasteiger partial charge in [0.15, 0.2) is 11.5 Å². The first-order chi connectivity index (χ1) is 9.78. The fourth-order valence-electron chi connectivity index (χ4n) is 1.99. The third-order valence-electron chi connectivity index (χ3n) is 3.03. The van der Waals surface area contributed by atoms with E-state index in [1.54, 1.807) is 25.4 Å². The van der Waals surface area contributed by atoms with Crippen molar-refractivity contribution in [3.63, 3.8) is 0 Å². The number of benzene rings is 1. The Morgan fingerprint density at radius 3 is 2.95 bits per heavy atom. The lowest BCUT2D eigenvalue weighted by molar-refractivity contribution is 0.613. The minimum atomic E-state index is -0.232. The molecule has 5 nitrogen and oxygen atoms in total. The van der Waals surface area contributed by atoms with Crippen LogP contribution in [0.25, 0.3) is 5.65 Å². The van der Waals surface area contributed by atoms with Gasteiger partial charge in [0.25, 0.3) is 0 Å². The van der Waals surface area contributed by atoms with Crippen LogP contribution < -0.4 is 10.6 Å². The molecule has 0 saturated carbocycles. The molecule has 0 aliphatic carbocycles. The van der Waals surface area contributed by atoms with Gasteiger partial charge in [0.05, 0.1) is 6.20 Å². The van der Waals surface area contributed by atoms with Crippen molar-refractivity contribution in [2.75, 3.05) is 17.7 Å². The summed E-state index contributed by atoms with van der Waals surface area (Å²) in [5, 5.41) is 6.12. The van der Waals surface area contributed by atoms with Gasteiger partial charge >= 0.3 is 0 Å². The summed E-state index contributed by atoms with van der Waals surface area (Å²) in [6.07, 6.45) is 5.38. The van der Waals surface area contributed by atoms with E-state index < -0.39 is 0 Å². The van der Waals surface area contributed by atoms with Crippen LogP contribution in [-0.2, 0) is 6.54 Å². The highest BCUT2D eigenvalue weighted by Crippen LogP contribution is 2.17. The Morgan fingerprint density at radius 2 is 2.15 bits per heavy atom. The second-order valence-electron chi connectivity index (χ2n) is 4.33. The largest absolute Gasteiger partial charge is 0.372 e. The number of rotatable bonds is 4. The van der Waals surface area contributed by atoms with E-state index in [9.17, 15) is 4.39 Å². The molecule has 0 aliphatic rings. The van der Waals surface area contributed by atoms with E-state index in [0.717, 1.165) is 0 Å². The Labute approximate surface area is 115 Å². The molecule has 3 aromatic rings. The number of hydrogen-bond acceptors (Lipinski definition) is 4. The van der Waals surface area contributed by atoms with E-state index in [4.69, 9.17) is 0 Å². The standard InChI is InChI=1S/C14H14FN5/c1-16-12-9-20-7-6-17-14(20)13(19-12)18-8-10-4-2-3-5-11(10)15/h2-7,9,16H,8H2,1H3,(H,18,19). The summed E-state index contributed by atoms with van der Waals surface area (Å²) in [5.41, 5.74) is 1.30. The minimum Gasteiger partial charge on any atom is -0.372 e. The van der Waals surface area contributed by atoms with Crippen molar-refractivity contribution in [2.45, 2.75) is 6.54 Å². The van der Waals surface area contributed by atoms with Crippen molar-refractivity contribution in [1.82, 2.24) is 14.4 Å². The average molecular weight is 271 g/mol. The first kappa shape index (κ1) is 12.4. The number of aromatic nitrogens is 3. The van der Waals surface area contributed by atoms with Crippen LogP contribution >= 0.6 is 0 Å². The number of imidazole rings is 1. The molecule has 0 spiro atoms. The highest BCUT2D eigenvalue weighted by atomic mass is 19.1. The van der Waals surface area contributed by atoms with E-state index in [1.807, 2.05) is 22.9 Å². The summed E-state index contributed by atoms with van der Waals surface area (Å²) < 4.78 is 15.5. The highest BCUT2D eigenvalue weighted by molar-refractivity contribution is 5.65. The zero-order valence-electron chi connectivity index (χ0n) is 11.0. The van der Waals surface area contributed by atoms with E-state index >= 15 is 0 Å². The van der Waals surface area contributed by atoms with Crippen molar-refractivity contribution < 1.29 is 4.39 Å². The van der Waals surface area contributed by atoms with Gasteiger partial charge in [0.2, 0.25) is 0 Å². The maximum Gasteiger partial charge on any atom is 0.180 e. The van der Waals surface area contributed by atoms with Crippen LogP contribution in [0.2, 0.25) is 0 Å². The van der Waals surface area contributed by atoms with Gasteiger partial charge in [-0.2, -0.15) is 0 Å². The third kappa shape index (κ3) is 2.27. The van der Waals surface area contributed by atoms with Crippen molar-refractivity contribution in [3.8, 4) is 0 Å². The number of fused-ring (bicyclic) bond motifs is 1. The molecule has 2 heterocycles. The van der Waals surface area contributed by atoms with E-state index in [1.165, 1.54) is 6.07 Å². The molecule has 3 rings (SSSR count). The van der Waals surface area contributed by atoms with Gasteiger partial charge in [-0.05, 0) is 6.07 Å². The molecule has 0 radical (unpaired) electrons. The zero-order valence-corrected chi connectivity index (χ0v) is 11.0. The highest BCUT2D eigenvalue weighted by Gasteiger charge is 2.08. The van der Waals surface area contributed by atoms with Crippen LogP contribution in [0.4, 0.5) is 16.0 Å². The van der Waals surface area contributed by atoms with Crippen LogP contribution in [0.3, 0.4) is 0 Å². The Balaban J connectivity index is 1.90. The van der Waals surface area contributed by atoms with Crippen molar-refractivity contribution in [3.05, 3.63) is 54.2 Å². The summed E-state index contributed by atoms with van der Waals surface area (Å²) in [4.78, 5) is 8.65. The SMILES string of the molecule is CNc1cn2ccnc2c(NCc2ccccc2F)n1. The summed E-state index contributed by atoms with van der Waals surface area (Å²) in [5.74, 6) is 1.10. The average Bonchev–Trinajstić information content (AvgIpc) is 2.94. The number of hydrogen-bond donors (Lipinski definition) is 2. The normalized spacial score (nSPS) is 10.7. The molecule has 2 N–H and O–H groups in total. The first-order valence-corrected chi connectivity index (χ1v) is 6.26. The van der Waals surface area contributed by atoms with E-state index in [2.05, 4.69) is 20.6 Å². The fraction of sp³-hybridized carbons (Fsp3) is 0.143. The van der Waals surface area contributed by atoms with Gasteiger partial charge in [-0.15, -0.1) is 0 Å². The molecular weight excluding hydrogens is 257 g/mol. The van der Waals surface area contributed by atoms with Crippen LogP contribution in [0.5, 0.6) is 0 Å². The quantitative estimate of drug-likeness (QED) is 0.765. The molecule has 0 amide bonds. The summed E-state index contributed by atoms with van der Waals surface area (Å²) >= 11 is 0. The fourth-order valence-corrected chi connectivity index (χ4v) is 1.99. The van der Waals surface area contributed by atoms with E-state index in [-0.39, 0.29) is 5.82 Å². The zero-order chi connectivity index (χ0) is 13.9. The molecule has 0 unspecified atom stereocenters. The van der Waals surface area contributed by atoms with Gasteiger partial charge < -0.3 is 15.0 Å². The van der Waals surface area contributed by atoms with E-state index in [0.29, 0.717) is 29.4 Å². The lowest BCUT2D eigenvalue weighted by atomic mass is 10.2. The predicted molar refractivity (Wildman–Crippen MR) is 76.3 cm³/mol. The maximum absolute atomic E-state index is 13.6. The summed E-state index contributed by atoms with van der Waals surface area (Å²) in [7, 11) is 1.80. The number of nitrogens with one attached hydrogen (secondary N) is 2. The topological polar surface area (TPSA) is 54.2 Å². The molecular formula is C14H14FN5. The van der Waals surface area contributed by atoms with Crippen molar-refractivity contribution in [1.29, 1.82) is 0 Å². The van der Waals surface area contributed by atoms with Gasteiger partial charge in [0.1, 0.15) is 11.6 Å². The van der Waals surface area contributed by atoms with Crippen LogP contribution in [0.15, 0.2) is 42.9 Å². The lowest BCUT2D eigenvalue weighted by Crippen LogP contribution is -2.07. The number of halogens is 1. The molecule has 0 saturated heterocycles. The molecule has 20 heavy (non-hydrogen) atoms. The molecule has 0 bridgehead atoms. The van der Waals surface area contributed by atoms with Crippen LogP contribution in [0, 0.1) is 5.82 Å². The first-order valence-electron chi connectivity index (χ1n) is 6.26. The molecule has 102 valence electrons. The molecule has 0 fully saturated rings.